The summed E-state index contributed by atoms with van der Waals surface area (Å²) in [6.07, 6.45) is 5.59. The van der Waals surface area contributed by atoms with Crippen LogP contribution in [0.5, 0.6) is 0 Å². The molecule has 14 nitrogen and oxygen atoms in total. The second kappa shape index (κ2) is 18.5. The van der Waals surface area contributed by atoms with Gasteiger partial charge in [0.05, 0.1) is 18.1 Å². The molecule has 2 aliphatic heterocycles. The topological polar surface area (TPSA) is 177 Å². The third-order valence-corrected chi connectivity index (χ3v) is 10.9. The van der Waals surface area contributed by atoms with E-state index in [2.05, 4.69) is 42.8 Å². The summed E-state index contributed by atoms with van der Waals surface area (Å²) in [5, 5.41) is 11.6. The lowest BCUT2D eigenvalue weighted by Gasteiger charge is -2.33. The SMILES string of the molecule is CN1CCC(CNc2ncsc2C(=O)NCc2ccc3c(N)nccc3c2)CC1.COC(=O)c1scnc1NCC1CCN(C(=O)OC(C)(C)C)CC1. The predicted molar refractivity (Wildman–Crippen MR) is 211 cm³/mol. The molecule has 286 valence electrons. The molecule has 0 spiro atoms. The minimum Gasteiger partial charge on any atom is -0.465 e. The summed E-state index contributed by atoms with van der Waals surface area (Å²) in [6.45, 7) is 11.3. The number of carbonyl (C=O) groups excluding carboxylic acids is 3. The highest BCUT2D eigenvalue weighted by atomic mass is 32.1. The molecule has 5 N–H and O–H groups in total. The number of esters is 1. The fourth-order valence-corrected chi connectivity index (χ4v) is 7.52. The minimum atomic E-state index is -0.468. The second-order valence-corrected chi connectivity index (χ2v) is 16.1. The van der Waals surface area contributed by atoms with Crippen LogP contribution in [0, 0.1) is 11.8 Å². The summed E-state index contributed by atoms with van der Waals surface area (Å²) < 4.78 is 10.1. The Balaban J connectivity index is 0.000000209. The summed E-state index contributed by atoms with van der Waals surface area (Å²) in [5.41, 5.74) is 9.79. The second-order valence-electron chi connectivity index (χ2n) is 14.4. The first-order valence-electron chi connectivity index (χ1n) is 17.9. The predicted octanol–water partition coefficient (Wildman–Crippen LogP) is 5.95. The normalized spacial score (nSPS) is 15.7. The molecule has 2 amide bonds. The first-order valence-corrected chi connectivity index (χ1v) is 19.7. The lowest BCUT2D eigenvalue weighted by molar-refractivity contribution is 0.0187. The molecule has 2 saturated heterocycles. The van der Waals surface area contributed by atoms with Gasteiger partial charge in [0, 0.05) is 44.3 Å². The Morgan fingerprint density at radius 3 is 2.11 bits per heavy atom. The molecule has 6 rings (SSSR count). The average Bonchev–Trinajstić information content (AvgIpc) is 3.82. The molecular formula is C37H51N9O5S2. The van der Waals surface area contributed by atoms with E-state index in [-0.39, 0.29) is 18.0 Å². The van der Waals surface area contributed by atoms with Gasteiger partial charge in [0.15, 0.2) is 10.7 Å². The molecule has 0 radical (unpaired) electrons. The number of nitrogens with zero attached hydrogens (tertiary/aromatic N) is 5. The maximum Gasteiger partial charge on any atom is 0.410 e. The highest BCUT2D eigenvalue weighted by molar-refractivity contribution is 7.12. The lowest BCUT2D eigenvalue weighted by Crippen LogP contribution is -2.42. The summed E-state index contributed by atoms with van der Waals surface area (Å²) >= 11 is 2.63. The van der Waals surface area contributed by atoms with E-state index < -0.39 is 5.60 Å². The molecule has 0 bridgehead atoms. The van der Waals surface area contributed by atoms with Crippen LogP contribution in [-0.2, 0) is 16.0 Å². The van der Waals surface area contributed by atoms with Gasteiger partial charge >= 0.3 is 12.1 Å². The highest BCUT2D eigenvalue weighted by Gasteiger charge is 2.27. The Labute approximate surface area is 318 Å². The van der Waals surface area contributed by atoms with Crippen molar-refractivity contribution in [2.45, 2.75) is 58.6 Å². The molecule has 2 fully saturated rings. The van der Waals surface area contributed by atoms with Crippen molar-refractivity contribution in [1.29, 1.82) is 0 Å². The largest absolute Gasteiger partial charge is 0.465 e. The van der Waals surface area contributed by atoms with Crippen molar-refractivity contribution >= 4 is 68.9 Å². The monoisotopic (exact) mass is 765 g/mol. The first kappa shape index (κ1) is 39.7. The zero-order chi connectivity index (χ0) is 38.0. The Bertz CT molecular complexity index is 1830. The van der Waals surface area contributed by atoms with Gasteiger partial charge < -0.3 is 41.0 Å². The van der Waals surface area contributed by atoms with Crippen LogP contribution in [0.2, 0.25) is 0 Å². The molecule has 4 aromatic rings. The van der Waals surface area contributed by atoms with Crippen LogP contribution in [0.15, 0.2) is 41.5 Å². The van der Waals surface area contributed by atoms with Crippen LogP contribution >= 0.6 is 22.7 Å². The van der Waals surface area contributed by atoms with Crippen LogP contribution in [0.4, 0.5) is 22.2 Å². The quantitative estimate of drug-likeness (QED) is 0.140. The number of benzene rings is 1. The molecule has 5 heterocycles. The van der Waals surface area contributed by atoms with Gasteiger partial charge in [-0.3, -0.25) is 4.79 Å². The number of likely N-dealkylation sites (tertiary alicyclic amines) is 2. The molecule has 2 aliphatic rings. The van der Waals surface area contributed by atoms with E-state index in [9.17, 15) is 14.4 Å². The molecule has 16 heteroatoms. The van der Waals surface area contributed by atoms with Crippen molar-refractivity contribution in [2.75, 3.05) is 69.8 Å². The maximum absolute atomic E-state index is 12.7. The van der Waals surface area contributed by atoms with Crippen LogP contribution in [-0.4, -0.2) is 102 Å². The summed E-state index contributed by atoms with van der Waals surface area (Å²) in [5.74, 6) is 2.35. The standard InChI is InChI=1S/C21H26N6OS.C16H25N3O4S/c1-27-8-5-14(6-9-27)11-24-20-18(29-13-26-20)21(28)25-12-15-2-3-17-16(10-15)4-7-23-19(17)22;1-16(2,3)23-15(21)19-7-5-11(6-8-19)9-17-13-12(14(20)22-4)24-10-18-13/h2-4,7,10,13-14,24H,5-6,8-9,11-12H2,1H3,(H2,22,23)(H,25,28);10-11,17H,5-9H2,1-4H3. The van der Waals surface area contributed by atoms with Gasteiger partial charge in [-0.15, -0.1) is 22.7 Å². The van der Waals surface area contributed by atoms with Crippen molar-refractivity contribution < 1.29 is 23.9 Å². The third-order valence-electron chi connectivity index (χ3n) is 9.25. The number of nitrogens with one attached hydrogen (secondary N) is 3. The molecular weight excluding hydrogens is 715 g/mol. The van der Waals surface area contributed by atoms with Crippen molar-refractivity contribution in [2.24, 2.45) is 11.8 Å². The Morgan fingerprint density at radius 2 is 1.49 bits per heavy atom. The maximum atomic E-state index is 12.7. The molecule has 3 aromatic heterocycles. The Hall–Kier alpha value is -4.54. The van der Waals surface area contributed by atoms with Gasteiger partial charge in [0.2, 0.25) is 0 Å². The van der Waals surface area contributed by atoms with Crippen molar-refractivity contribution in [1.82, 2.24) is 30.1 Å². The van der Waals surface area contributed by atoms with E-state index in [1.54, 1.807) is 22.1 Å². The van der Waals surface area contributed by atoms with Crippen LogP contribution < -0.4 is 21.7 Å². The van der Waals surface area contributed by atoms with Crippen molar-refractivity contribution in [3.63, 3.8) is 0 Å². The smallest absolute Gasteiger partial charge is 0.410 e. The van der Waals surface area contributed by atoms with Crippen molar-refractivity contribution in [3.05, 3.63) is 56.8 Å². The van der Waals surface area contributed by atoms with E-state index in [0.717, 1.165) is 55.4 Å². The van der Waals surface area contributed by atoms with Crippen LogP contribution in [0.3, 0.4) is 0 Å². The number of methoxy groups -OCH3 is 1. The van der Waals surface area contributed by atoms with Gasteiger partial charge in [-0.25, -0.2) is 24.5 Å². The number of hydrogen-bond acceptors (Lipinski definition) is 14. The number of amides is 2. The van der Waals surface area contributed by atoms with E-state index in [4.69, 9.17) is 15.2 Å². The molecule has 0 atom stereocenters. The number of pyridine rings is 1. The molecule has 0 aliphatic carbocycles. The third kappa shape index (κ3) is 11.5. The number of nitrogens with two attached hydrogens (primary N) is 1. The van der Waals surface area contributed by atoms with Crippen LogP contribution in [0.1, 0.15) is 71.4 Å². The van der Waals surface area contributed by atoms with Gasteiger partial charge in [-0.05, 0) is 102 Å². The Kier molecular flexibility index (Phi) is 13.8. The number of nitrogen functional groups attached to an aromatic ring is 1. The van der Waals surface area contributed by atoms with E-state index in [1.807, 2.05) is 45.0 Å². The number of piperidine rings is 2. The number of thiazole rings is 2. The van der Waals surface area contributed by atoms with Gasteiger partial charge in [-0.1, -0.05) is 12.1 Å². The van der Waals surface area contributed by atoms with Gasteiger partial charge in [0.25, 0.3) is 5.91 Å². The van der Waals surface area contributed by atoms with E-state index in [0.29, 0.717) is 58.7 Å². The number of ether oxygens (including phenoxy) is 2. The number of hydrogen-bond donors (Lipinski definition) is 4. The Morgan fingerprint density at radius 1 is 0.887 bits per heavy atom. The number of fused-ring (bicyclic) bond motifs is 1. The van der Waals surface area contributed by atoms with E-state index >= 15 is 0 Å². The fraction of sp³-hybridized carbons (Fsp3) is 0.514. The van der Waals surface area contributed by atoms with E-state index in [1.165, 1.54) is 42.6 Å². The van der Waals surface area contributed by atoms with Crippen LogP contribution in [0.25, 0.3) is 10.8 Å². The minimum absolute atomic E-state index is 0.104. The summed E-state index contributed by atoms with van der Waals surface area (Å²) in [4.78, 5) is 54.2. The number of carbonyl (C=O) groups is 3. The summed E-state index contributed by atoms with van der Waals surface area (Å²) in [6, 6.07) is 7.86. The van der Waals surface area contributed by atoms with Gasteiger partial charge in [0.1, 0.15) is 22.1 Å². The fourth-order valence-electron chi connectivity index (χ4n) is 6.16. The molecule has 0 saturated carbocycles. The average molecular weight is 766 g/mol. The number of rotatable bonds is 10. The first-order chi connectivity index (χ1) is 25.4. The molecule has 0 unspecified atom stereocenters. The van der Waals surface area contributed by atoms with Gasteiger partial charge in [-0.2, -0.15) is 0 Å². The highest BCUT2D eigenvalue weighted by Crippen LogP contribution is 2.25. The molecule has 53 heavy (non-hydrogen) atoms. The number of aromatic nitrogens is 3. The molecule has 1 aromatic carbocycles. The number of anilines is 3. The van der Waals surface area contributed by atoms with Crippen molar-refractivity contribution in [3.8, 4) is 0 Å². The summed E-state index contributed by atoms with van der Waals surface area (Å²) in [7, 11) is 3.52. The lowest BCUT2D eigenvalue weighted by atomic mass is 9.97. The zero-order valence-electron chi connectivity index (χ0n) is 31.1. The zero-order valence-corrected chi connectivity index (χ0v) is 32.8.